The van der Waals surface area contributed by atoms with Gasteiger partial charge in [-0.05, 0) is 28.2 Å². The zero-order valence-electron chi connectivity index (χ0n) is 5.50. The van der Waals surface area contributed by atoms with Crippen LogP contribution in [-0.4, -0.2) is 28.2 Å². The van der Waals surface area contributed by atoms with Crippen LogP contribution in [0, 0.1) is 0 Å². The summed E-state index contributed by atoms with van der Waals surface area (Å²) in [6.45, 7) is 0. The van der Waals surface area contributed by atoms with Gasteiger partial charge in [-0.1, -0.05) is 0 Å². The Hall–Kier alpha value is 0.803. The van der Waals surface area contributed by atoms with Gasteiger partial charge in [-0.15, -0.1) is 0 Å². The van der Waals surface area contributed by atoms with E-state index >= 15 is 0 Å². The van der Waals surface area contributed by atoms with Crippen molar-refractivity contribution in [3.05, 3.63) is 0 Å². The molecule has 0 aromatic rings. The van der Waals surface area contributed by atoms with Gasteiger partial charge in [0.1, 0.15) is 0 Å². The Morgan fingerprint density at radius 3 is 0.714 bits per heavy atom. The van der Waals surface area contributed by atoms with Crippen LogP contribution in [0.3, 0.4) is 0 Å². The summed E-state index contributed by atoms with van der Waals surface area (Å²) >= 11 is 0. The molecule has 0 bridgehead atoms. The van der Waals surface area contributed by atoms with E-state index in [2.05, 4.69) is 10.6 Å². The number of nitrogens with one attached hydrogen (secondary N) is 2. The third kappa shape index (κ3) is 243. The summed E-state index contributed by atoms with van der Waals surface area (Å²) in [6, 6.07) is 0. The smallest absolute Gasteiger partial charge is 0 e. The van der Waals surface area contributed by atoms with E-state index in [1.54, 1.807) is 0 Å². The molecule has 0 unspecified atom stereocenters. The minimum atomic E-state index is 0. The minimum Gasteiger partial charge on any atom is -0.323 e. The minimum absolute atomic E-state index is 0. The molecule has 7 heavy (non-hydrogen) atoms. The average molecular weight is 181 g/mol. The van der Waals surface area contributed by atoms with E-state index in [1.165, 1.54) is 0 Å². The zero-order valence-corrected chi connectivity index (χ0v) is 7.96. The first-order valence-corrected chi connectivity index (χ1v) is 2.00. The van der Waals surface area contributed by atoms with Gasteiger partial charge in [0.25, 0.3) is 0 Å². The summed E-state index contributed by atoms with van der Waals surface area (Å²) in [5, 5.41) is 5.50. The first-order valence-electron chi connectivity index (χ1n) is 2.00. The van der Waals surface area contributed by atoms with Crippen molar-refractivity contribution in [2.75, 3.05) is 28.2 Å². The Balaban J connectivity index is -0.0000000400. The predicted molar refractivity (Wildman–Crippen MR) is 30.0 cm³/mol. The molecule has 0 amide bonds. The van der Waals surface area contributed by atoms with E-state index in [4.69, 9.17) is 0 Å². The molecule has 0 rings (SSSR count). The molecule has 0 aliphatic heterocycles. The molecule has 2 nitrogen and oxygen atoms in total. The van der Waals surface area contributed by atoms with Crippen molar-refractivity contribution in [3.63, 3.8) is 0 Å². The maximum absolute atomic E-state index is 2.75. The van der Waals surface area contributed by atoms with Crippen molar-refractivity contribution in [2.24, 2.45) is 0 Å². The van der Waals surface area contributed by atoms with E-state index in [0.717, 1.165) is 0 Å². The van der Waals surface area contributed by atoms with Crippen LogP contribution < -0.4 is 10.6 Å². The molecule has 44 valence electrons. The van der Waals surface area contributed by atoms with E-state index in [1.807, 2.05) is 28.2 Å². The second-order valence-corrected chi connectivity index (χ2v) is 1.00. The molecule has 0 heterocycles. The molecule has 0 fully saturated rings. The fourth-order valence-corrected chi connectivity index (χ4v) is 0. The summed E-state index contributed by atoms with van der Waals surface area (Å²) in [6.07, 6.45) is 0. The molecular weight excluding hydrogens is 167 g/mol. The van der Waals surface area contributed by atoms with Gasteiger partial charge in [-0.25, -0.2) is 0 Å². The molecule has 0 aromatic heterocycles. The van der Waals surface area contributed by atoms with E-state index < -0.39 is 0 Å². The SMILES string of the molecule is CNC.CNC.[Zr]. The van der Waals surface area contributed by atoms with Gasteiger partial charge in [0.2, 0.25) is 0 Å². The largest absolute Gasteiger partial charge is 0.323 e. The molecule has 2 N–H and O–H groups in total. The first-order chi connectivity index (χ1) is 2.83. The van der Waals surface area contributed by atoms with Gasteiger partial charge in [-0.2, -0.15) is 0 Å². The summed E-state index contributed by atoms with van der Waals surface area (Å²) in [7, 11) is 7.50. The summed E-state index contributed by atoms with van der Waals surface area (Å²) < 4.78 is 0. The van der Waals surface area contributed by atoms with Gasteiger partial charge in [0.15, 0.2) is 0 Å². The summed E-state index contributed by atoms with van der Waals surface area (Å²) in [5.41, 5.74) is 0. The van der Waals surface area contributed by atoms with Gasteiger partial charge in [-0.3, -0.25) is 0 Å². The van der Waals surface area contributed by atoms with Gasteiger partial charge >= 0.3 is 0 Å². The van der Waals surface area contributed by atoms with Crippen LogP contribution in [0.1, 0.15) is 0 Å². The summed E-state index contributed by atoms with van der Waals surface area (Å²) in [4.78, 5) is 0. The van der Waals surface area contributed by atoms with E-state index in [9.17, 15) is 0 Å². The molecular formula is C4H14N2Zr. The standard InChI is InChI=1S/2C2H7N.Zr/c2*1-3-2;/h2*3H,1-2H3;. The third-order valence-electron chi connectivity index (χ3n) is 0. The maximum Gasteiger partial charge on any atom is 0 e. The van der Waals surface area contributed by atoms with Gasteiger partial charge < -0.3 is 10.6 Å². The molecule has 0 spiro atoms. The normalized spacial score (nSPS) is 5.14. The molecule has 0 aliphatic rings. The Bertz CT molecular complexity index is 11.7. The quantitative estimate of drug-likeness (QED) is 0.535. The van der Waals surface area contributed by atoms with Crippen LogP contribution in [0.2, 0.25) is 0 Å². The van der Waals surface area contributed by atoms with Crippen LogP contribution in [0.4, 0.5) is 0 Å². The number of hydrogen-bond acceptors (Lipinski definition) is 2. The van der Waals surface area contributed by atoms with Crippen molar-refractivity contribution in [1.82, 2.24) is 10.6 Å². The van der Waals surface area contributed by atoms with Crippen molar-refractivity contribution in [1.29, 1.82) is 0 Å². The third-order valence-corrected chi connectivity index (χ3v) is 0. The van der Waals surface area contributed by atoms with Gasteiger partial charge in [0.05, 0.1) is 0 Å². The molecule has 0 saturated heterocycles. The second kappa shape index (κ2) is 29.2. The van der Waals surface area contributed by atoms with E-state index in [-0.39, 0.29) is 26.2 Å². The molecule has 0 aromatic carbocycles. The van der Waals surface area contributed by atoms with Crippen molar-refractivity contribution >= 4 is 0 Å². The van der Waals surface area contributed by atoms with Gasteiger partial charge in [0, 0.05) is 26.2 Å². The average Bonchev–Trinajstić information content (AvgIpc) is 1.39. The molecule has 0 saturated carbocycles. The fourth-order valence-electron chi connectivity index (χ4n) is 0. The molecule has 3 heteroatoms. The van der Waals surface area contributed by atoms with Crippen LogP contribution in [0.15, 0.2) is 0 Å². The maximum atomic E-state index is 2.75. The monoisotopic (exact) mass is 180 g/mol. The molecule has 0 atom stereocenters. The fraction of sp³-hybridized carbons (Fsp3) is 1.00. The van der Waals surface area contributed by atoms with E-state index in [0.29, 0.717) is 0 Å². The Kier molecular flexibility index (Phi) is 65.2. The van der Waals surface area contributed by atoms with Crippen LogP contribution >= 0.6 is 0 Å². The zero-order chi connectivity index (χ0) is 5.41. The Morgan fingerprint density at radius 2 is 0.714 bits per heavy atom. The second-order valence-electron chi connectivity index (χ2n) is 1.00. The predicted octanol–water partition coefficient (Wildman–Crippen LogP) is -0.331. The van der Waals surface area contributed by atoms with Crippen molar-refractivity contribution in [3.8, 4) is 0 Å². The first kappa shape index (κ1) is 15.7. The number of hydrogen-bond donors (Lipinski definition) is 2. The summed E-state index contributed by atoms with van der Waals surface area (Å²) in [5.74, 6) is 0. The van der Waals surface area contributed by atoms with Crippen molar-refractivity contribution in [2.45, 2.75) is 0 Å². The topological polar surface area (TPSA) is 24.1 Å². The van der Waals surface area contributed by atoms with Crippen LogP contribution in [-0.2, 0) is 26.2 Å². The Morgan fingerprint density at radius 1 is 0.714 bits per heavy atom. The Labute approximate surface area is 65.2 Å². The molecule has 0 aliphatic carbocycles. The number of rotatable bonds is 0. The molecule has 0 radical (unpaired) electrons. The van der Waals surface area contributed by atoms with Crippen LogP contribution in [0.25, 0.3) is 0 Å². The van der Waals surface area contributed by atoms with Crippen LogP contribution in [0.5, 0.6) is 0 Å². The van der Waals surface area contributed by atoms with Crippen molar-refractivity contribution < 1.29 is 26.2 Å².